The van der Waals surface area contributed by atoms with E-state index in [9.17, 15) is 0 Å². The zero-order valence-corrected chi connectivity index (χ0v) is 8.65. The van der Waals surface area contributed by atoms with Crippen LogP contribution in [-0.4, -0.2) is 4.98 Å². The molecule has 0 amide bonds. The number of rotatable bonds is 2. The maximum absolute atomic E-state index is 5.95. The first kappa shape index (κ1) is 9.82. The van der Waals surface area contributed by atoms with Crippen molar-refractivity contribution in [2.75, 3.05) is 0 Å². The van der Waals surface area contributed by atoms with Crippen LogP contribution in [0, 0.1) is 0 Å². The van der Waals surface area contributed by atoms with Gasteiger partial charge in [0, 0.05) is 6.20 Å². The fourth-order valence-corrected chi connectivity index (χ4v) is 1.46. The van der Waals surface area contributed by atoms with Gasteiger partial charge in [-0.05, 0) is 25.0 Å². The fraction of sp³-hybridized carbons (Fsp3) is 0.444. The van der Waals surface area contributed by atoms with Crippen molar-refractivity contribution in [3.05, 3.63) is 29.6 Å². The molecule has 3 heteroatoms. The molecule has 0 aliphatic rings. The number of nitrogens with zero attached hydrogens (tertiary/aromatic N) is 1. The summed E-state index contributed by atoms with van der Waals surface area (Å²) in [7, 11) is 0. The molecule has 12 heavy (non-hydrogen) atoms. The summed E-state index contributed by atoms with van der Waals surface area (Å²) >= 11 is 11.9. The normalized spacial score (nSPS) is 11.7. The van der Waals surface area contributed by atoms with Crippen molar-refractivity contribution < 1.29 is 0 Å². The molecule has 0 N–H and O–H groups in total. The van der Waals surface area contributed by atoms with Crippen LogP contribution >= 0.6 is 23.2 Å². The molecule has 1 rings (SSSR count). The van der Waals surface area contributed by atoms with Crippen LogP contribution in [0.5, 0.6) is 0 Å². The zero-order valence-electron chi connectivity index (χ0n) is 7.14. The van der Waals surface area contributed by atoms with Gasteiger partial charge in [-0.25, -0.2) is 0 Å². The van der Waals surface area contributed by atoms with Gasteiger partial charge in [-0.2, -0.15) is 0 Å². The minimum atomic E-state index is -0.882. The van der Waals surface area contributed by atoms with Crippen molar-refractivity contribution >= 4 is 23.2 Å². The molecule has 1 heterocycles. The van der Waals surface area contributed by atoms with Gasteiger partial charge >= 0.3 is 0 Å². The first-order valence-electron chi connectivity index (χ1n) is 3.88. The summed E-state index contributed by atoms with van der Waals surface area (Å²) in [6, 6.07) is 3.88. The Morgan fingerprint density at radius 1 is 1.50 bits per heavy atom. The Hall–Kier alpha value is -0.270. The second-order valence-electron chi connectivity index (χ2n) is 2.75. The molecular formula is C9H11Cl2N. The summed E-state index contributed by atoms with van der Waals surface area (Å²) in [6.07, 6.45) is 2.61. The number of hydrogen-bond acceptors (Lipinski definition) is 1. The first-order valence-corrected chi connectivity index (χ1v) is 4.63. The third-order valence-electron chi connectivity index (χ3n) is 1.69. The van der Waals surface area contributed by atoms with Crippen LogP contribution in [0.1, 0.15) is 25.1 Å². The molecule has 0 bridgehead atoms. The predicted octanol–water partition coefficient (Wildman–Crippen LogP) is 3.29. The molecule has 1 aromatic heterocycles. The average Bonchev–Trinajstić information content (AvgIpc) is 2.03. The van der Waals surface area contributed by atoms with E-state index in [1.54, 1.807) is 13.1 Å². The molecule has 0 aromatic carbocycles. The third kappa shape index (κ3) is 2.11. The molecule has 0 saturated carbocycles. The summed E-state index contributed by atoms with van der Waals surface area (Å²) in [5.41, 5.74) is 1.86. The van der Waals surface area contributed by atoms with Gasteiger partial charge in [0.15, 0.2) is 4.33 Å². The van der Waals surface area contributed by atoms with Crippen molar-refractivity contribution in [2.45, 2.75) is 24.6 Å². The number of halogens is 2. The number of hydrogen-bond donors (Lipinski definition) is 0. The van der Waals surface area contributed by atoms with Crippen LogP contribution in [0.3, 0.4) is 0 Å². The minimum Gasteiger partial charge on any atom is -0.258 e. The minimum absolute atomic E-state index is 0.760. The van der Waals surface area contributed by atoms with E-state index in [0.29, 0.717) is 0 Å². The highest BCUT2D eigenvalue weighted by molar-refractivity contribution is 6.47. The van der Waals surface area contributed by atoms with E-state index >= 15 is 0 Å². The molecule has 0 atom stereocenters. The largest absolute Gasteiger partial charge is 0.258 e. The van der Waals surface area contributed by atoms with E-state index in [4.69, 9.17) is 23.2 Å². The molecule has 1 nitrogen and oxygen atoms in total. The summed E-state index contributed by atoms with van der Waals surface area (Å²) in [5, 5.41) is 0. The summed E-state index contributed by atoms with van der Waals surface area (Å²) in [5.74, 6) is 0. The van der Waals surface area contributed by atoms with Gasteiger partial charge < -0.3 is 0 Å². The molecule has 0 fully saturated rings. The lowest BCUT2D eigenvalue weighted by Gasteiger charge is -2.15. The monoisotopic (exact) mass is 203 g/mol. The summed E-state index contributed by atoms with van der Waals surface area (Å²) in [4.78, 5) is 4.16. The lowest BCUT2D eigenvalue weighted by molar-refractivity contribution is 0.873. The van der Waals surface area contributed by atoms with Gasteiger partial charge in [-0.15, -0.1) is 0 Å². The van der Waals surface area contributed by atoms with Crippen molar-refractivity contribution in [2.24, 2.45) is 0 Å². The number of aryl methyl sites for hydroxylation is 1. The van der Waals surface area contributed by atoms with Gasteiger partial charge in [0.25, 0.3) is 0 Å². The van der Waals surface area contributed by atoms with Crippen LogP contribution in [-0.2, 0) is 10.8 Å². The van der Waals surface area contributed by atoms with E-state index in [0.717, 1.165) is 17.7 Å². The molecule has 0 unspecified atom stereocenters. The van der Waals surface area contributed by atoms with Crippen molar-refractivity contribution in [3.8, 4) is 0 Å². The highest BCUT2D eigenvalue weighted by Gasteiger charge is 2.23. The molecular weight excluding hydrogens is 193 g/mol. The van der Waals surface area contributed by atoms with Crippen LogP contribution in [0.4, 0.5) is 0 Å². The number of aromatic nitrogens is 1. The standard InChI is InChI=1S/C9H11Cl2N/c1-3-7-5-4-6-12-8(7)9(2,10)11/h4-6H,3H2,1-2H3. The van der Waals surface area contributed by atoms with Gasteiger partial charge in [-0.3, -0.25) is 4.98 Å². The smallest absolute Gasteiger partial charge is 0.157 e. The second kappa shape index (κ2) is 3.63. The first-order chi connectivity index (χ1) is 5.55. The highest BCUT2D eigenvalue weighted by Crippen LogP contribution is 2.33. The Bertz CT molecular complexity index is 265. The average molecular weight is 204 g/mol. The van der Waals surface area contributed by atoms with Crippen molar-refractivity contribution in [1.29, 1.82) is 0 Å². The second-order valence-corrected chi connectivity index (χ2v) is 4.46. The number of pyridine rings is 1. The molecule has 0 spiro atoms. The Labute approximate surface area is 82.7 Å². The highest BCUT2D eigenvalue weighted by atomic mass is 35.5. The Morgan fingerprint density at radius 2 is 2.17 bits per heavy atom. The van der Waals surface area contributed by atoms with Gasteiger partial charge in [0.2, 0.25) is 0 Å². The van der Waals surface area contributed by atoms with E-state index in [1.807, 2.05) is 12.1 Å². The van der Waals surface area contributed by atoms with Gasteiger partial charge in [-0.1, -0.05) is 36.2 Å². The van der Waals surface area contributed by atoms with Crippen LogP contribution < -0.4 is 0 Å². The molecule has 0 radical (unpaired) electrons. The molecule has 66 valence electrons. The van der Waals surface area contributed by atoms with Gasteiger partial charge in [0.1, 0.15) is 0 Å². The van der Waals surface area contributed by atoms with Crippen LogP contribution in [0.15, 0.2) is 18.3 Å². The molecule has 0 aliphatic carbocycles. The van der Waals surface area contributed by atoms with Crippen molar-refractivity contribution in [3.63, 3.8) is 0 Å². The number of alkyl halides is 2. The van der Waals surface area contributed by atoms with Crippen molar-refractivity contribution in [1.82, 2.24) is 4.98 Å². The lowest BCUT2D eigenvalue weighted by Crippen LogP contribution is -2.10. The maximum Gasteiger partial charge on any atom is 0.157 e. The Morgan fingerprint density at radius 3 is 2.58 bits per heavy atom. The Balaban J connectivity index is 3.14. The third-order valence-corrected chi connectivity index (χ3v) is 2.05. The SMILES string of the molecule is CCc1cccnc1C(C)(Cl)Cl. The zero-order chi connectivity index (χ0) is 9.19. The summed E-state index contributed by atoms with van der Waals surface area (Å²) < 4.78 is -0.882. The predicted molar refractivity (Wildman–Crippen MR) is 52.7 cm³/mol. The maximum atomic E-state index is 5.95. The quantitative estimate of drug-likeness (QED) is 0.673. The molecule has 0 aliphatic heterocycles. The van der Waals surface area contributed by atoms with Crippen LogP contribution in [0.25, 0.3) is 0 Å². The van der Waals surface area contributed by atoms with E-state index in [-0.39, 0.29) is 0 Å². The lowest BCUT2D eigenvalue weighted by atomic mass is 10.1. The van der Waals surface area contributed by atoms with E-state index in [1.165, 1.54) is 0 Å². The summed E-state index contributed by atoms with van der Waals surface area (Å²) in [6.45, 7) is 3.79. The fourth-order valence-electron chi connectivity index (χ4n) is 1.12. The molecule has 0 saturated heterocycles. The Kier molecular flexibility index (Phi) is 2.97. The molecule has 1 aromatic rings. The topological polar surface area (TPSA) is 12.9 Å². The van der Waals surface area contributed by atoms with Gasteiger partial charge in [0.05, 0.1) is 5.69 Å². The van der Waals surface area contributed by atoms with E-state index in [2.05, 4.69) is 11.9 Å². The van der Waals surface area contributed by atoms with E-state index < -0.39 is 4.33 Å². The van der Waals surface area contributed by atoms with Crippen LogP contribution in [0.2, 0.25) is 0 Å².